The second kappa shape index (κ2) is 4.61. The first-order valence-corrected chi connectivity index (χ1v) is 4.84. The van der Waals surface area contributed by atoms with E-state index >= 15 is 0 Å². The lowest BCUT2D eigenvalue weighted by atomic mass is 10.3. The van der Waals surface area contributed by atoms with Crippen LogP contribution in [0.15, 0.2) is 0 Å². The van der Waals surface area contributed by atoms with Crippen LogP contribution in [-0.4, -0.2) is 25.2 Å². The van der Waals surface area contributed by atoms with E-state index in [1.54, 1.807) is 6.92 Å². The summed E-state index contributed by atoms with van der Waals surface area (Å²) < 4.78 is 12.8. The van der Waals surface area contributed by atoms with E-state index in [0.29, 0.717) is 10.5 Å². The molecule has 0 radical (unpaired) electrons. The zero-order chi connectivity index (χ0) is 10.7. The highest BCUT2D eigenvalue weighted by Gasteiger charge is 2.20. The average Bonchev–Trinajstić information content (AvgIpc) is 2.60. The van der Waals surface area contributed by atoms with Crippen LogP contribution in [-0.2, 0) is 0 Å². The van der Waals surface area contributed by atoms with E-state index in [0.717, 1.165) is 0 Å². The van der Waals surface area contributed by atoms with Crippen molar-refractivity contribution < 1.29 is 13.8 Å². The Morgan fingerprint density at radius 1 is 1.86 bits per heavy atom. The highest BCUT2D eigenvalue weighted by atomic mass is 35.5. The largest absolute Gasteiger partial charge is 0.475 e. The molecule has 0 amide bonds. The van der Waals surface area contributed by atoms with Gasteiger partial charge in [-0.15, -0.1) is 24.7 Å². The quantitative estimate of drug-likeness (QED) is 0.815. The molecule has 0 fully saturated rings. The van der Waals surface area contributed by atoms with Gasteiger partial charge < -0.3 is 5.11 Å². The number of carboxylic acid groups (broad SMARTS) is 1. The number of alkyl halides is 1. The van der Waals surface area contributed by atoms with E-state index < -0.39 is 17.2 Å². The third-order valence-corrected chi connectivity index (χ3v) is 2.38. The number of nitrogens with zero attached hydrogens (tertiary/aromatic N) is 3. The van der Waals surface area contributed by atoms with Crippen LogP contribution in [0.25, 0.3) is 0 Å². The molecule has 1 heterocycles. The molecule has 0 saturated heterocycles. The van der Waals surface area contributed by atoms with Gasteiger partial charge in [0.05, 0.1) is 5.38 Å². The fourth-order valence-corrected chi connectivity index (χ4v) is 1.20. The fourth-order valence-electron chi connectivity index (χ4n) is 0.807. The highest BCUT2D eigenvalue weighted by molar-refractivity contribution is 7.92. The molecular weight excluding hydrogens is 233 g/mol. The van der Waals surface area contributed by atoms with Crippen molar-refractivity contribution in [1.82, 2.24) is 14.2 Å². The van der Waals surface area contributed by atoms with Gasteiger partial charge in [-0.25, -0.2) is 9.78 Å². The predicted octanol–water partition coefficient (Wildman–Crippen LogP) is 2.05. The molecule has 5 nitrogen and oxygen atoms in total. The minimum Gasteiger partial charge on any atom is -0.475 e. The van der Waals surface area contributed by atoms with Gasteiger partial charge in [-0.05, 0) is 6.42 Å². The van der Waals surface area contributed by atoms with Crippen molar-refractivity contribution in [3.8, 4) is 0 Å². The summed E-state index contributed by atoms with van der Waals surface area (Å²) in [5, 5.41) is 11.7. The van der Waals surface area contributed by atoms with E-state index in [2.05, 4.69) is 10.1 Å². The van der Waals surface area contributed by atoms with E-state index in [9.17, 15) is 8.68 Å². The van der Waals surface area contributed by atoms with Crippen LogP contribution in [0.4, 0.5) is 3.89 Å². The van der Waals surface area contributed by atoms with Gasteiger partial charge in [-0.1, -0.05) is 6.92 Å². The molecule has 0 saturated carbocycles. The molecule has 1 N–H and O–H groups in total. The molecule has 0 aliphatic heterocycles. The first-order valence-electron chi connectivity index (χ1n) is 3.73. The van der Waals surface area contributed by atoms with Crippen molar-refractivity contribution in [1.29, 1.82) is 0 Å². The molecule has 0 aromatic carbocycles. The molecule has 0 spiro atoms. The number of carboxylic acids is 1. The Bertz CT molecular complexity index is 346. The normalized spacial score (nSPS) is 12.8. The molecule has 14 heavy (non-hydrogen) atoms. The van der Waals surface area contributed by atoms with Crippen molar-refractivity contribution in [3.63, 3.8) is 0 Å². The van der Waals surface area contributed by atoms with Gasteiger partial charge in [0.2, 0.25) is 0 Å². The number of aromatic carboxylic acids is 1. The zero-order valence-electron chi connectivity index (χ0n) is 7.15. The Kier molecular flexibility index (Phi) is 3.70. The summed E-state index contributed by atoms with van der Waals surface area (Å²) >= 11 is 5.45. The summed E-state index contributed by atoms with van der Waals surface area (Å²) in [5.41, 5.74) is 0. The van der Waals surface area contributed by atoms with E-state index in [1.165, 1.54) is 0 Å². The first kappa shape index (κ1) is 11.3. The summed E-state index contributed by atoms with van der Waals surface area (Å²) in [5.74, 6) is -1.68. The smallest absolute Gasteiger partial charge is 0.374 e. The summed E-state index contributed by atoms with van der Waals surface area (Å²) in [6.45, 7) is 1.79. The maximum absolute atomic E-state index is 12.2. The van der Waals surface area contributed by atoms with Gasteiger partial charge in [-0.2, -0.15) is 0 Å². The van der Waals surface area contributed by atoms with Gasteiger partial charge in [0.1, 0.15) is 0 Å². The standard InChI is InChI=1S/C6H7ClFN3O2S/c1-2-3(7)4-9-5(6(12)13)11(10-4)14-8/h3H,2H2,1H3,(H,12,13). The highest BCUT2D eigenvalue weighted by Crippen LogP contribution is 2.22. The summed E-state index contributed by atoms with van der Waals surface area (Å²) in [4.78, 5) is 14.2. The Hall–Kier alpha value is -0.820. The van der Waals surface area contributed by atoms with Crippen LogP contribution in [0.1, 0.15) is 35.2 Å². The monoisotopic (exact) mass is 239 g/mol. The molecule has 1 atom stereocenters. The number of carbonyl (C=O) groups is 1. The third-order valence-electron chi connectivity index (χ3n) is 1.49. The lowest BCUT2D eigenvalue weighted by molar-refractivity contribution is 0.0682. The maximum Gasteiger partial charge on any atom is 0.374 e. The van der Waals surface area contributed by atoms with Crippen LogP contribution in [0, 0.1) is 0 Å². The second-order valence-electron chi connectivity index (χ2n) is 2.42. The lowest BCUT2D eigenvalue weighted by Crippen LogP contribution is -2.04. The van der Waals surface area contributed by atoms with Crippen LogP contribution >= 0.6 is 23.9 Å². The SMILES string of the molecule is CCC(Cl)c1nc(C(=O)O)n(SF)n1. The summed E-state index contributed by atoms with van der Waals surface area (Å²) in [6.07, 6.45) is 0.543. The van der Waals surface area contributed by atoms with Gasteiger partial charge in [-0.3, -0.25) is 0 Å². The Labute approximate surface area is 88.7 Å². The molecule has 1 unspecified atom stereocenters. The molecule has 0 aliphatic carbocycles. The summed E-state index contributed by atoms with van der Waals surface area (Å²) in [6, 6.07) is 0. The minimum absolute atomic E-state index is 0.122. The molecule has 0 bridgehead atoms. The molecular formula is C6H7ClFN3O2S. The fraction of sp³-hybridized carbons (Fsp3) is 0.500. The van der Waals surface area contributed by atoms with E-state index in [-0.39, 0.29) is 18.2 Å². The minimum atomic E-state index is -1.34. The second-order valence-corrected chi connectivity index (χ2v) is 3.43. The molecule has 8 heteroatoms. The Morgan fingerprint density at radius 3 is 2.86 bits per heavy atom. The van der Waals surface area contributed by atoms with Crippen molar-refractivity contribution in [2.75, 3.05) is 0 Å². The average molecular weight is 240 g/mol. The van der Waals surface area contributed by atoms with Crippen molar-refractivity contribution in [2.45, 2.75) is 18.7 Å². The Balaban J connectivity index is 3.06. The first-order chi connectivity index (χ1) is 6.60. The lowest BCUT2D eigenvalue weighted by Gasteiger charge is -1.97. The maximum atomic E-state index is 12.2. The predicted molar refractivity (Wildman–Crippen MR) is 50.0 cm³/mol. The van der Waals surface area contributed by atoms with Crippen LogP contribution in [0.5, 0.6) is 0 Å². The number of aromatic nitrogens is 3. The number of rotatable bonds is 4. The molecule has 1 aromatic rings. The third kappa shape index (κ3) is 2.16. The number of halogens is 2. The van der Waals surface area contributed by atoms with Gasteiger partial charge in [0.25, 0.3) is 5.82 Å². The topological polar surface area (TPSA) is 68.0 Å². The molecule has 1 aromatic heterocycles. The van der Waals surface area contributed by atoms with Crippen LogP contribution in [0.3, 0.4) is 0 Å². The van der Waals surface area contributed by atoms with Gasteiger partial charge in [0.15, 0.2) is 18.2 Å². The Morgan fingerprint density at radius 2 is 2.50 bits per heavy atom. The van der Waals surface area contributed by atoms with E-state index in [1.807, 2.05) is 0 Å². The van der Waals surface area contributed by atoms with E-state index in [4.69, 9.17) is 16.7 Å². The molecule has 1 rings (SSSR count). The number of hydrogen-bond donors (Lipinski definition) is 1. The van der Waals surface area contributed by atoms with Crippen LogP contribution < -0.4 is 0 Å². The van der Waals surface area contributed by atoms with Crippen LogP contribution in [0.2, 0.25) is 0 Å². The number of hydrogen-bond acceptors (Lipinski definition) is 4. The molecule has 78 valence electrons. The summed E-state index contributed by atoms with van der Waals surface area (Å²) in [7, 11) is 0. The zero-order valence-corrected chi connectivity index (χ0v) is 8.72. The van der Waals surface area contributed by atoms with Gasteiger partial charge in [0, 0.05) is 0 Å². The van der Waals surface area contributed by atoms with Gasteiger partial charge >= 0.3 is 5.97 Å². The van der Waals surface area contributed by atoms with Crippen molar-refractivity contribution >= 4 is 29.9 Å². The van der Waals surface area contributed by atoms with Crippen molar-refractivity contribution in [3.05, 3.63) is 11.6 Å². The van der Waals surface area contributed by atoms with Crippen molar-refractivity contribution in [2.24, 2.45) is 0 Å². The molecule has 0 aliphatic rings.